The Morgan fingerprint density at radius 2 is 1.76 bits per heavy atom. The number of carbonyl (C=O) groups excluding carboxylic acids is 1. The fourth-order valence-corrected chi connectivity index (χ4v) is 7.73. The lowest BCUT2D eigenvalue weighted by Crippen LogP contribution is -2.37. The number of hydrogen-bond donors (Lipinski definition) is 0. The number of thioether (sulfide) groups is 1. The van der Waals surface area contributed by atoms with Gasteiger partial charge in [-0.2, -0.15) is 4.99 Å². The number of carbonyl (C=O) groups is 1. The van der Waals surface area contributed by atoms with Crippen molar-refractivity contribution in [2.24, 2.45) is 4.99 Å². The van der Waals surface area contributed by atoms with Crippen LogP contribution in [0.25, 0.3) is 0 Å². The SMILES string of the molecule is Cc1ccc(CC(=O)N=C2S[C@@H]3CS(=O)(=O)C[C@@H]3N2Cc2ccc(Cl)cc2)cc1. The monoisotopic (exact) mass is 448 g/mol. The van der Waals surface area contributed by atoms with E-state index in [1.807, 2.05) is 60.4 Å². The molecule has 152 valence electrons. The molecule has 2 heterocycles. The van der Waals surface area contributed by atoms with Crippen molar-refractivity contribution >= 4 is 44.3 Å². The summed E-state index contributed by atoms with van der Waals surface area (Å²) < 4.78 is 24.2. The molecule has 2 aliphatic heterocycles. The Morgan fingerprint density at radius 3 is 2.45 bits per heavy atom. The molecule has 2 aromatic rings. The number of halogens is 1. The zero-order valence-corrected chi connectivity index (χ0v) is 18.3. The molecular formula is C21H21ClN2O3S2. The summed E-state index contributed by atoms with van der Waals surface area (Å²) in [7, 11) is -3.07. The Morgan fingerprint density at radius 1 is 1.10 bits per heavy atom. The average molecular weight is 449 g/mol. The van der Waals surface area contributed by atoms with E-state index in [4.69, 9.17) is 11.6 Å². The summed E-state index contributed by atoms with van der Waals surface area (Å²) in [4.78, 5) is 18.9. The van der Waals surface area contributed by atoms with Gasteiger partial charge in [-0.15, -0.1) is 0 Å². The zero-order chi connectivity index (χ0) is 20.6. The van der Waals surface area contributed by atoms with E-state index in [9.17, 15) is 13.2 Å². The maximum Gasteiger partial charge on any atom is 0.252 e. The van der Waals surface area contributed by atoms with Gasteiger partial charge in [0.1, 0.15) is 0 Å². The predicted molar refractivity (Wildman–Crippen MR) is 118 cm³/mol. The zero-order valence-electron chi connectivity index (χ0n) is 15.9. The second-order valence-electron chi connectivity index (χ2n) is 7.51. The topological polar surface area (TPSA) is 66.8 Å². The van der Waals surface area contributed by atoms with E-state index in [1.54, 1.807) is 0 Å². The average Bonchev–Trinajstić information content (AvgIpc) is 3.11. The summed E-state index contributed by atoms with van der Waals surface area (Å²) in [5.41, 5.74) is 3.06. The van der Waals surface area contributed by atoms with E-state index in [-0.39, 0.29) is 35.1 Å². The van der Waals surface area contributed by atoms with Crippen molar-refractivity contribution in [2.75, 3.05) is 11.5 Å². The molecule has 0 N–H and O–H groups in total. The number of sulfone groups is 1. The molecule has 0 aromatic heterocycles. The molecular weight excluding hydrogens is 428 g/mol. The summed E-state index contributed by atoms with van der Waals surface area (Å²) in [5.74, 6) is 0.00826. The van der Waals surface area contributed by atoms with Crippen LogP contribution in [0.5, 0.6) is 0 Å². The minimum Gasteiger partial charge on any atom is -0.342 e. The van der Waals surface area contributed by atoms with Crippen LogP contribution in [0.3, 0.4) is 0 Å². The first-order valence-electron chi connectivity index (χ1n) is 9.34. The first-order chi connectivity index (χ1) is 13.8. The number of aliphatic imine (C=N–C) groups is 1. The predicted octanol–water partition coefficient (Wildman–Crippen LogP) is 3.49. The third-order valence-electron chi connectivity index (χ3n) is 5.14. The smallest absolute Gasteiger partial charge is 0.252 e. The highest BCUT2D eigenvalue weighted by molar-refractivity contribution is 8.15. The molecule has 5 nitrogen and oxygen atoms in total. The largest absolute Gasteiger partial charge is 0.342 e. The molecule has 2 aromatic carbocycles. The van der Waals surface area contributed by atoms with E-state index < -0.39 is 9.84 Å². The molecule has 0 bridgehead atoms. The van der Waals surface area contributed by atoms with Gasteiger partial charge in [0.2, 0.25) is 0 Å². The van der Waals surface area contributed by atoms with Gasteiger partial charge in [-0.25, -0.2) is 8.42 Å². The molecule has 2 aliphatic rings. The number of amides is 1. The van der Waals surface area contributed by atoms with Crippen LogP contribution in [-0.4, -0.2) is 47.2 Å². The third-order valence-corrected chi connectivity index (χ3v) is 8.64. The molecule has 2 saturated heterocycles. The van der Waals surface area contributed by atoms with Crippen molar-refractivity contribution in [2.45, 2.75) is 31.2 Å². The standard InChI is InChI=1S/C21H21ClN2O3S2/c1-14-2-4-15(5-3-14)10-20(25)23-21-24(11-16-6-8-17(22)9-7-16)18-12-29(26,27)13-19(18)28-21/h2-9,18-19H,10-13H2,1H3/t18-,19+/m0/s1. The van der Waals surface area contributed by atoms with Gasteiger partial charge < -0.3 is 4.90 Å². The number of aryl methyl sites for hydroxylation is 1. The van der Waals surface area contributed by atoms with E-state index in [1.165, 1.54) is 11.8 Å². The lowest BCUT2D eigenvalue weighted by molar-refractivity contribution is -0.117. The fraction of sp³-hybridized carbons (Fsp3) is 0.333. The highest BCUT2D eigenvalue weighted by Crippen LogP contribution is 2.39. The lowest BCUT2D eigenvalue weighted by Gasteiger charge is -2.24. The van der Waals surface area contributed by atoms with Crippen molar-refractivity contribution in [1.29, 1.82) is 0 Å². The van der Waals surface area contributed by atoms with Gasteiger partial charge in [-0.1, -0.05) is 65.3 Å². The van der Waals surface area contributed by atoms with Crippen LogP contribution >= 0.6 is 23.4 Å². The van der Waals surface area contributed by atoms with Crippen LogP contribution in [-0.2, 0) is 27.6 Å². The van der Waals surface area contributed by atoms with Crippen LogP contribution in [0.2, 0.25) is 5.02 Å². The van der Waals surface area contributed by atoms with Crippen molar-refractivity contribution < 1.29 is 13.2 Å². The number of fused-ring (bicyclic) bond motifs is 1. The number of benzene rings is 2. The Balaban J connectivity index is 1.56. The molecule has 4 rings (SSSR count). The number of hydrogen-bond acceptors (Lipinski definition) is 4. The summed E-state index contributed by atoms with van der Waals surface area (Å²) in [6.45, 7) is 2.50. The second kappa shape index (κ2) is 8.13. The third kappa shape index (κ3) is 4.85. The Kier molecular flexibility index (Phi) is 5.73. The summed E-state index contributed by atoms with van der Waals surface area (Å²) in [5, 5.41) is 1.17. The van der Waals surface area contributed by atoms with E-state index in [0.29, 0.717) is 16.7 Å². The highest BCUT2D eigenvalue weighted by Gasteiger charge is 2.48. The molecule has 0 spiro atoms. The minimum absolute atomic E-state index is 0.0850. The normalized spacial score (nSPS) is 24.1. The van der Waals surface area contributed by atoms with Crippen LogP contribution in [0.1, 0.15) is 16.7 Å². The summed E-state index contributed by atoms with van der Waals surface area (Å²) in [6, 6.07) is 15.1. The Hall–Kier alpha value is -1.83. The molecule has 0 saturated carbocycles. The lowest BCUT2D eigenvalue weighted by atomic mass is 10.1. The molecule has 8 heteroatoms. The highest BCUT2D eigenvalue weighted by atomic mass is 35.5. The fourth-order valence-electron chi connectivity index (χ4n) is 3.63. The molecule has 0 aliphatic carbocycles. The van der Waals surface area contributed by atoms with Crippen molar-refractivity contribution in [3.05, 3.63) is 70.2 Å². The van der Waals surface area contributed by atoms with Gasteiger partial charge in [-0.05, 0) is 30.2 Å². The van der Waals surface area contributed by atoms with E-state index >= 15 is 0 Å². The maximum atomic E-state index is 12.6. The van der Waals surface area contributed by atoms with Gasteiger partial charge >= 0.3 is 0 Å². The van der Waals surface area contributed by atoms with E-state index in [2.05, 4.69) is 4.99 Å². The molecule has 1 amide bonds. The van der Waals surface area contributed by atoms with Gasteiger partial charge in [0, 0.05) is 16.8 Å². The number of rotatable bonds is 4. The quantitative estimate of drug-likeness (QED) is 0.716. The molecule has 0 unspecified atom stereocenters. The summed E-state index contributed by atoms with van der Waals surface area (Å²) >= 11 is 7.38. The second-order valence-corrected chi connectivity index (χ2v) is 11.3. The van der Waals surface area contributed by atoms with Gasteiger partial charge in [0.15, 0.2) is 15.0 Å². The van der Waals surface area contributed by atoms with Gasteiger partial charge in [-0.3, -0.25) is 4.79 Å². The number of nitrogens with zero attached hydrogens (tertiary/aromatic N) is 2. The molecule has 2 atom stereocenters. The van der Waals surface area contributed by atoms with Gasteiger partial charge in [0.25, 0.3) is 5.91 Å². The number of amidine groups is 1. The minimum atomic E-state index is -3.07. The van der Waals surface area contributed by atoms with Crippen LogP contribution in [0.15, 0.2) is 53.5 Å². The molecule has 0 radical (unpaired) electrons. The van der Waals surface area contributed by atoms with Gasteiger partial charge in [0.05, 0.1) is 24.0 Å². The van der Waals surface area contributed by atoms with Crippen LogP contribution in [0.4, 0.5) is 0 Å². The Bertz CT molecular complexity index is 1050. The maximum absolute atomic E-state index is 12.6. The van der Waals surface area contributed by atoms with Crippen molar-refractivity contribution in [1.82, 2.24) is 4.90 Å². The Labute approximate surface area is 180 Å². The van der Waals surface area contributed by atoms with Crippen LogP contribution in [0, 0.1) is 6.92 Å². The molecule has 2 fully saturated rings. The van der Waals surface area contributed by atoms with Crippen molar-refractivity contribution in [3.8, 4) is 0 Å². The van der Waals surface area contributed by atoms with Crippen LogP contribution < -0.4 is 0 Å². The van der Waals surface area contributed by atoms with E-state index in [0.717, 1.165) is 16.7 Å². The molecule has 29 heavy (non-hydrogen) atoms. The first kappa shape index (κ1) is 20.4. The first-order valence-corrected chi connectivity index (χ1v) is 12.4. The summed E-state index contributed by atoms with van der Waals surface area (Å²) in [6.07, 6.45) is 0.229. The van der Waals surface area contributed by atoms with Crippen molar-refractivity contribution in [3.63, 3.8) is 0 Å².